The standard InChI is InChI=1S/C21H23N3S.C6H4/c1-3-17-11-12-25-20(17)19-21(22-13-16-7-5-4-6-8-16)24-14-15(2)9-10-18(24)23-19;1-2-5-4-6(5)3-1/h1,9-12,14,16,22H,4-8,13H2,2H3;1-4H. The predicted octanol–water partition coefficient (Wildman–Crippen LogP) is 7.01. The SMILES string of the molecule is C#Cc1ccsc1-c1nc2ccc(C)cn2c1NCC1CCCCC1.c1cc2cc-2c1. The molecule has 1 fully saturated rings. The van der Waals surface area contributed by atoms with Crippen LogP contribution in [0.4, 0.5) is 5.82 Å². The maximum atomic E-state index is 5.69. The summed E-state index contributed by atoms with van der Waals surface area (Å²) in [6.07, 6.45) is 14.6. The van der Waals surface area contributed by atoms with Crippen molar-refractivity contribution in [2.45, 2.75) is 39.0 Å². The monoisotopic (exact) mass is 425 g/mol. The van der Waals surface area contributed by atoms with Crippen LogP contribution in [0, 0.1) is 25.2 Å². The minimum atomic E-state index is 0.757. The molecule has 3 aromatic rings. The Balaban J connectivity index is 0.000000289. The van der Waals surface area contributed by atoms with Gasteiger partial charge in [0.15, 0.2) is 0 Å². The van der Waals surface area contributed by atoms with Crippen LogP contribution in [0.5, 0.6) is 0 Å². The molecule has 0 spiro atoms. The lowest BCUT2D eigenvalue weighted by atomic mass is 9.89. The molecule has 4 heteroatoms. The Morgan fingerprint density at radius 3 is 2.61 bits per heavy atom. The molecule has 31 heavy (non-hydrogen) atoms. The Bertz CT molecular complexity index is 1230. The number of anilines is 1. The molecule has 3 aromatic heterocycles. The largest absolute Gasteiger partial charge is 0.369 e. The summed E-state index contributed by atoms with van der Waals surface area (Å²) in [7, 11) is 0. The first kappa shape index (κ1) is 19.9. The van der Waals surface area contributed by atoms with Crippen molar-refractivity contribution in [1.82, 2.24) is 9.38 Å². The van der Waals surface area contributed by atoms with Gasteiger partial charge >= 0.3 is 0 Å². The van der Waals surface area contributed by atoms with Crippen LogP contribution >= 0.6 is 11.3 Å². The zero-order chi connectivity index (χ0) is 21.2. The first-order valence-electron chi connectivity index (χ1n) is 11.1. The molecule has 3 heterocycles. The molecule has 0 atom stereocenters. The Morgan fingerprint density at radius 1 is 1.13 bits per heavy atom. The van der Waals surface area contributed by atoms with Gasteiger partial charge in [0.05, 0.1) is 4.88 Å². The number of benzene rings is 1. The van der Waals surface area contributed by atoms with E-state index in [2.05, 4.69) is 65.2 Å². The molecule has 0 radical (unpaired) electrons. The van der Waals surface area contributed by atoms with Gasteiger partial charge in [-0.05, 0) is 66.0 Å². The summed E-state index contributed by atoms with van der Waals surface area (Å²) < 4.78 is 2.17. The van der Waals surface area contributed by atoms with Crippen molar-refractivity contribution in [3.8, 4) is 34.0 Å². The molecule has 1 N–H and O–H groups in total. The third-order valence-electron chi connectivity index (χ3n) is 6.20. The number of nitrogens with zero attached hydrogens (tertiary/aromatic N) is 2. The molecule has 0 unspecified atom stereocenters. The van der Waals surface area contributed by atoms with Crippen molar-refractivity contribution < 1.29 is 0 Å². The number of pyridine rings is 1. The van der Waals surface area contributed by atoms with E-state index >= 15 is 0 Å². The summed E-state index contributed by atoms with van der Waals surface area (Å²) >= 11 is 1.66. The molecule has 1 saturated carbocycles. The van der Waals surface area contributed by atoms with E-state index in [1.165, 1.54) is 48.8 Å². The van der Waals surface area contributed by atoms with E-state index in [4.69, 9.17) is 11.4 Å². The van der Waals surface area contributed by atoms with Gasteiger partial charge in [-0.25, -0.2) is 4.98 Å². The number of aromatic nitrogens is 2. The number of imidazole rings is 1. The number of rotatable bonds is 4. The molecule has 156 valence electrons. The third-order valence-corrected chi connectivity index (χ3v) is 7.12. The lowest BCUT2D eigenvalue weighted by Gasteiger charge is -2.22. The molecule has 0 saturated heterocycles. The van der Waals surface area contributed by atoms with Crippen LogP contribution in [-0.2, 0) is 0 Å². The van der Waals surface area contributed by atoms with E-state index in [0.29, 0.717) is 0 Å². The molecule has 3 nitrogen and oxygen atoms in total. The second-order valence-corrected chi connectivity index (χ2v) is 9.43. The van der Waals surface area contributed by atoms with Gasteiger partial charge in [0, 0.05) is 18.3 Å². The molecule has 3 aliphatic rings. The van der Waals surface area contributed by atoms with Crippen LogP contribution in [0.25, 0.3) is 27.3 Å². The minimum absolute atomic E-state index is 0.757. The number of fused-ring (bicyclic) bond motifs is 2. The van der Waals surface area contributed by atoms with Crippen LogP contribution in [0.3, 0.4) is 0 Å². The van der Waals surface area contributed by atoms with Crippen LogP contribution in [0.1, 0.15) is 43.2 Å². The van der Waals surface area contributed by atoms with Crippen molar-refractivity contribution in [3.05, 3.63) is 65.2 Å². The Kier molecular flexibility index (Phi) is 5.53. The van der Waals surface area contributed by atoms with Crippen LogP contribution < -0.4 is 5.32 Å². The van der Waals surface area contributed by atoms with Crippen molar-refractivity contribution in [2.75, 3.05) is 11.9 Å². The van der Waals surface area contributed by atoms with Gasteiger partial charge < -0.3 is 5.32 Å². The third kappa shape index (κ3) is 4.24. The first-order valence-corrected chi connectivity index (χ1v) is 12.0. The maximum absolute atomic E-state index is 5.69. The summed E-state index contributed by atoms with van der Waals surface area (Å²) in [4.78, 5) is 5.96. The smallest absolute Gasteiger partial charge is 0.139 e. The predicted molar refractivity (Wildman–Crippen MR) is 132 cm³/mol. The number of hydrogen-bond acceptors (Lipinski definition) is 3. The summed E-state index contributed by atoms with van der Waals surface area (Å²) in [6.45, 7) is 3.12. The van der Waals surface area contributed by atoms with Gasteiger partial charge in [-0.1, -0.05) is 49.4 Å². The minimum Gasteiger partial charge on any atom is -0.369 e. The summed E-state index contributed by atoms with van der Waals surface area (Å²) in [5.41, 5.74) is 6.93. The van der Waals surface area contributed by atoms with E-state index in [9.17, 15) is 0 Å². The highest BCUT2D eigenvalue weighted by molar-refractivity contribution is 7.13. The quantitative estimate of drug-likeness (QED) is 0.314. The van der Waals surface area contributed by atoms with Gasteiger partial charge in [-0.15, -0.1) is 17.8 Å². The highest BCUT2D eigenvalue weighted by Gasteiger charge is 2.20. The summed E-state index contributed by atoms with van der Waals surface area (Å²) in [5.74, 6) is 4.63. The zero-order valence-electron chi connectivity index (χ0n) is 17.9. The van der Waals surface area contributed by atoms with Gasteiger partial charge in [0.25, 0.3) is 0 Å². The fourth-order valence-corrected chi connectivity index (χ4v) is 5.24. The molecule has 0 amide bonds. The molecule has 0 aromatic carbocycles. The van der Waals surface area contributed by atoms with Crippen molar-refractivity contribution in [3.63, 3.8) is 0 Å². The zero-order valence-corrected chi connectivity index (χ0v) is 18.7. The lowest BCUT2D eigenvalue weighted by Crippen LogP contribution is -2.18. The Labute approximate surface area is 188 Å². The van der Waals surface area contributed by atoms with Crippen molar-refractivity contribution >= 4 is 22.8 Å². The normalized spacial score (nSPS) is 14.6. The van der Waals surface area contributed by atoms with Gasteiger partial charge in [0.1, 0.15) is 17.2 Å². The average Bonchev–Trinajstić information content (AvgIpc) is 3.17. The Morgan fingerprint density at radius 2 is 1.94 bits per heavy atom. The number of terminal acetylenes is 1. The second kappa shape index (κ2) is 8.61. The van der Waals surface area contributed by atoms with Gasteiger partial charge in [-0.2, -0.15) is 0 Å². The molecule has 3 aliphatic carbocycles. The topological polar surface area (TPSA) is 29.3 Å². The molecule has 0 bridgehead atoms. The van der Waals surface area contributed by atoms with Crippen LogP contribution in [-0.4, -0.2) is 15.9 Å². The van der Waals surface area contributed by atoms with Crippen molar-refractivity contribution in [1.29, 1.82) is 0 Å². The number of nitrogens with one attached hydrogen (secondary N) is 1. The molecule has 0 aliphatic heterocycles. The summed E-state index contributed by atoms with van der Waals surface area (Å²) in [6, 6.07) is 14.7. The van der Waals surface area contributed by atoms with E-state index < -0.39 is 0 Å². The average molecular weight is 426 g/mol. The van der Waals surface area contributed by atoms with Crippen LogP contribution in [0.2, 0.25) is 0 Å². The van der Waals surface area contributed by atoms with E-state index in [-0.39, 0.29) is 0 Å². The van der Waals surface area contributed by atoms with Crippen molar-refractivity contribution in [2.24, 2.45) is 5.92 Å². The fourth-order valence-electron chi connectivity index (χ4n) is 4.39. The van der Waals surface area contributed by atoms with Gasteiger partial charge in [0.2, 0.25) is 0 Å². The van der Waals surface area contributed by atoms with E-state index in [1.54, 1.807) is 11.3 Å². The molecular formula is C27H27N3S. The Hall–Kier alpha value is -3.03. The van der Waals surface area contributed by atoms with Gasteiger partial charge in [-0.3, -0.25) is 4.40 Å². The fraction of sp³-hybridized carbons (Fsp3) is 0.296. The van der Waals surface area contributed by atoms with Crippen LogP contribution in [0.15, 0.2) is 54.0 Å². The summed E-state index contributed by atoms with van der Waals surface area (Å²) in [5, 5.41) is 5.76. The number of aryl methyl sites for hydroxylation is 1. The number of thiophene rings is 1. The highest BCUT2D eigenvalue weighted by atomic mass is 32.1. The molecular weight excluding hydrogens is 398 g/mol. The second-order valence-electron chi connectivity index (χ2n) is 8.52. The molecule has 6 rings (SSSR count). The lowest BCUT2D eigenvalue weighted by molar-refractivity contribution is 0.373. The van der Waals surface area contributed by atoms with E-state index in [1.807, 2.05) is 11.4 Å². The van der Waals surface area contributed by atoms with E-state index in [0.717, 1.165) is 40.1 Å². The highest BCUT2D eigenvalue weighted by Crippen LogP contribution is 2.36. The number of hydrogen-bond donors (Lipinski definition) is 1. The first-order chi connectivity index (χ1) is 15.2. The maximum Gasteiger partial charge on any atom is 0.139 e.